The molecule has 1 aliphatic heterocycles. The summed E-state index contributed by atoms with van der Waals surface area (Å²) < 4.78 is 17.7. The number of carbonyl (C=O) groups excluding carboxylic acids is 4. The Morgan fingerprint density at radius 1 is 1.21 bits per heavy atom. The molecule has 212 valence electrons. The van der Waals surface area contributed by atoms with Gasteiger partial charge in [-0.3, -0.25) is 14.4 Å². The summed E-state index contributed by atoms with van der Waals surface area (Å²) in [5, 5.41) is 2.53. The predicted octanol–water partition coefficient (Wildman–Crippen LogP) is 4.66. The smallest absolute Gasteiger partial charge is 0.405 e. The van der Waals surface area contributed by atoms with Gasteiger partial charge in [0.15, 0.2) is 12.0 Å². The maximum Gasteiger partial charge on any atom is 0.405 e. The minimum atomic E-state index is -0.834. The van der Waals surface area contributed by atoms with E-state index in [9.17, 15) is 19.2 Å². The lowest BCUT2D eigenvalue weighted by Crippen LogP contribution is -2.50. The highest BCUT2D eigenvalue weighted by molar-refractivity contribution is 14.1. The van der Waals surface area contributed by atoms with E-state index in [4.69, 9.17) is 19.9 Å². The molecule has 7 atom stereocenters. The van der Waals surface area contributed by atoms with Crippen LogP contribution in [0.1, 0.15) is 33.6 Å². The van der Waals surface area contributed by atoms with Crippen molar-refractivity contribution in [3.05, 3.63) is 54.1 Å². The van der Waals surface area contributed by atoms with Crippen LogP contribution in [0.5, 0.6) is 0 Å². The molecule has 1 heterocycles. The fraction of sp³-hybridized carbons (Fsp3) is 0.500. The van der Waals surface area contributed by atoms with Gasteiger partial charge in [-0.2, -0.15) is 0 Å². The number of amides is 2. The van der Waals surface area contributed by atoms with Crippen LogP contribution in [-0.4, -0.2) is 50.5 Å². The first-order chi connectivity index (χ1) is 18.4. The lowest BCUT2D eigenvalue weighted by atomic mass is 9.61. The molecule has 2 amide bonds. The standard InChI is InChI=1S/C28H34I2N2O7/c1-13-9-18(29)26(38-5)24(34)23(30)19(12-33)32-27(35)14(2)7-6-8-16-22-17(25(16)39-28(31)36)11-15(3)21(22)20(10-13)37-4/h6-8,11-13,15-16,20-22,25H,9-10H2,1-5H3,(H2,31,36)(H,32,35)/b8-6-,14-7+,23-19-,26-18+/t13-,15+,16-,20+,21-,22?,25-/m1/s1. The number of nitrogens with two attached hydrogens (primary N) is 1. The van der Waals surface area contributed by atoms with E-state index >= 15 is 0 Å². The fourth-order valence-corrected chi connectivity index (χ4v) is 7.51. The Hall–Kier alpha value is -2.00. The van der Waals surface area contributed by atoms with E-state index in [1.807, 2.05) is 6.08 Å². The van der Waals surface area contributed by atoms with E-state index in [-0.39, 0.29) is 50.7 Å². The second-order valence-corrected chi connectivity index (χ2v) is 12.6. The van der Waals surface area contributed by atoms with E-state index in [1.165, 1.54) is 7.11 Å². The van der Waals surface area contributed by atoms with E-state index in [0.29, 0.717) is 21.9 Å². The van der Waals surface area contributed by atoms with Gasteiger partial charge in [0.05, 0.1) is 22.5 Å². The van der Waals surface area contributed by atoms with Crippen molar-refractivity contribution in [2.24, 2.45) is 35.3 Å². The Balaban J connectivity index is 2.08. The number of allylic oxidation sites excluding steroid dienone is 6. The van der Waals surface area contributed by atoms with Crippen LogP contribution in [0.2, 0.25) is 0 Å². The van der Waals surface area contributed by atoms with Crippen molar-refractivity contribution in [3.63, 3.8) is 0 Å². The van der Waals surface area contributed by atoms with Crippen LogP contribution in [0.4, 0.5) is 4.79 Å². The number of primary amides is 1. The van der Waals surface area contributed by atoms with E-state index in [0.717, 1.165) is 12.0 Å². The van der Waals surface area contributed by atoms with Crippen molar-refractivity contribution in [2.45, 2.75) is 45.8 Å². The maximum atomic E-state index is 13.2. The molecule has 1 unspecified atom stereocenters. The maximum absolute atomic E-state index is 13.2. The summed E-state index contributed by atoms with van der Waals surface area (Å²) in [5.41, 5.74) is 6.61. The van der Waals surface area contributed by atoms with Gasteiger partial charge in [0.25, 0.3) is 5.91 Å². The predicted molar refractivity (Wildman–Crippen MR) is 163 cm³/mol. The zero-order valence-corrected chi connectivity index (χ0v) is 26.8. The van der Waals surface area contributed by atoms with E-state index in [2.05, 4.69) is 47.8 Å². The molecule has 39 heavy (non-hydrogen) atoms. The third-order valence-corrected chi connectivity index (χ3v) is 9.59. The number of hydrogen-bond acceptors (Lipinski definition) is 7. The topological polar surface area (TPSA) is 134 Å². The Kier molecular flexibility index (Phi) is 11.0. The average Bonchev–Trinajstić information content (AvgIpc) is 3.18. The molecule has 3 rings (SSSR count). The van der Waals surface area contributed by atoms with Crippen LogP contribution < -0.4 is 11.1 Å². The largest absolute Gasteiger partial charge is 0.492 e. The van der Waals surface area contributed by atoms with Crippen LogP contribution in [0.15, 0.2) is 54.1 Å². The minimum Gasteiger partial charge on any atom is -0.492 e. The van der Waals surface area contributed by atoms with Gasteiger partial charge < -0.3 is 25.3 Å². The molecule has 11 heteroatoms. The highest BCUT2D eigenvalue weighted by Gasteiger charge is 2.56. The van der Waals surface area contributed by atoms with Crippen LogP contribution in [-0.2, 0) is 28.6 Å². The summed E-state index contributed by atoms with van der Waals surface area (Å²) in [6.07, 6.45) is 7.80. The first-order valence-electron chi connectivity index (χ1n) is 12.6. The normalized spacial score (nSPS) is 38.1. The number of carbonyl (C=O) groups is 4. The first kappa shape index (κ1) is 31.5. The van der Waals surface area contributed by atoms with Crippen LogP contribution in [0.3, 0.4) is 0 Å². The summed E-state index contributed by atoms with van der Waals surface area (Å²) in [4.78, 5) is 49.5. The molecule has 2 aliphatic carbocycles. The number of Topliss-reactive ketones (excluding diaryl/α,β-unsaturated/α-hetero) is 1. The zero-order chi connectivity index (χ0) is 29.0. The molecule has 3 aliphatic rings. The summed E-state index contributed by atoms with van der Waals surface area (Å²) in [5.74, 6) is -0.439. The molecule has 0 aromatic carbocycles. The highest BCUT2D eigenvalue weighted by Crippen LogP contribution is 2.56. The fourth-order valence-electron chi connectivity index (χ4n) is 5.79. The minimum absolute atomic E-state index is 0.0518. The molecule has 0 aromatic rings. The number of halogens is 2. The van der Waals surface area contributed by atoms with Crippen LogP contribution >= 0.6 is 45.2 Å². The molecular weight excluding hydrogens is 730 g/mol. The molecule has 0 saturated heterocycles. The summed E-state index contributed by atoms with van der Waals surface area (Å²) in [6, 6.07) is 0. The highest BCUT2D eigenvalue weighted by atomic mass is 127. The van der Waals surface area contributed by atoms with Gasteiger partial charge in [-0.1, -0.05) is 38.2 Å². The second kappa shape index (κ2) is 13.6. The summed E-state index contributed by atoms with van der Waals surface area (Å²) >= 11 is 3.86. The van der Waals surface area contributed by atoms with Crippen molar-refractivity contribution in [1.82, 2.24) is 5.32 Å². The van der Waals surface area contributed by atoms with Crippen molar-refractivity contribution < 1.29 is 33.4 Å². The Labute approximate surface area is 256 Å². The number of ether oxygens (including phenoxy) is 3. The number of nitrogens with one attached hydrogen (secondary N) is 1. The van der Waals surface area contributed by atoms with Crippen molar-refractivity contribution in [3.8, 4) is 0 Å². The van der Waals surface area contributed by atoms with Gasteiger partial charge in [-0.05, 0) is 94.2 Å². The summed E-state index contributed by atoms with van der Waals surface area (Å²) in [6.45, 7) is 5.83. The monoisotopic (exact) mass is 764 g/mol. The number of rotatable bonds is 4. The molecular formula is C28H34I2N2O7. The van der Waals surface area contributed by atoms with Crippen LogP contribution in [0, 0.1) is 29.6 Å². The lowest BCUT2D eigenvalue weighted by molar-refractivity contribution is -0.118. The number of aldehydes is 1. The number of methoxy groups -OCH3 is 2. The average molecular weight is 764 g/mol. The first-order valence-corrected chi connectivity index (χ1v) is 14.8. The van der Waals surface area contributed by atoms with Gasteiger partial charge >= 0.3 is 6.09 Å². The molecule has 9 nitrogen and oxygen atoms in total. The van der Waals surface area contributed by atoms with Gasteiger partial charge in [0, 0.05) is 22.2 Å². The van der Waals surface area contributed by atoms with Gasteiger partial charge in [0.2, 0.25) is 5.78 Å². The Bertz CT molecular complexity index is 1190. The molecule has 1 saturated carbocycles. The van der Waals surface area contributed by atoms with Gasteiger partial charge in [-0.15, -0.1) is 0 Å². The number of ketones is 1. The SMILES string of the molecule is CO/C1=C(/I)C[C@@H](C)C[C@H](OC)[C@@H]2C3C(=C[C@@H]2C)[C@H](OC(N)=O)[C@@H]3/C=C\C=C(/C)C(=O)N/C(C=O)=C(\I)C1=O. The zero-order valence-electron chi connectivity index (χ0n) is 22.5. The van der Waals surface area contributed by atoms with Gasteiger partial charge in [0.1, 0.15) is 6.10 Å². The Morgan fingerprint density at radius 2 is 1.90 bits per heavy atom. The van der Waals surface area contributed by atoms with Crippen molar-refractivity contribution in [2.75, 3.05) is 14.2 Å². The summed E-state index contributed by atoms with van der Waals surface area (Å²) in [7, 11) is 3.12. The molecule has 3 N–H and O–H groups in total. The second-order valence-electron chi connectivity index (χ2n) is 10.2. The molecule has 1 fully saturated rings. The molecule has 0 bridgehead atoms. The quantitative estimate of drug-likeness (QED) is 0.242. The number of hydrogen-bond donors (Lipinski definition) is 2. The van der Waals surface area contributed by atoms with Crippen LogP contribution in [0.25, 0.3) is 0 Å². The lowest BCUT2D eigenvalue weighted by Gasteiger charge is -2.47. The van der Waals surface area contributed by atoms with Crippen molar-refractivity contribution >= 4 is 69.3 Å². The third-order valence-electron chi connectivity index (χ3n) is 7.59. The molecule has 0 radical (unpaired) electrons. The van der Waals surface area contributed by atoms with E-state index in [1.54, 1.807) is 48.8 Å². The third kappa shape index (κ3) is 6.84. The Morgan fingerprint density at radius 3 is 2.49 bits per heavy atom. The molecule has 0 spiro atoms. The van der Waals surface area contributed by atoms with E-state index < -0.39 is 23.9 Å². The molecule has 0 aromatic heterocycles. The van der Waals surface area contributed by atoms with Gasteiger partial charge in [-0.25, -0.2) is 4.79 Å². The van der Waals surface area contributed by atoms with Crippen molar-refractivity contribution in [1.29, 1.82) is 0 Å².